The molecule has 0 N–H and O–H groups in total. The molecule has 0 saturated carbocycles. The van der Waals surface area contributed by atoms with E-state index in [2.05, 4.69) is 90.9 Å². The Morgan fingerprint density at radius 3 is 2.52 bits per heavy atom. The van der Waals surface area contributed by atoms with Crippen LogP contribution in [-0.4, -0.2) is 19.1 Å². The van der Waals surface area contributed by atoms with Crippen LogP contribution in [0.25, 0.3) is 11.4 Å². The third-order valence-corrected chi connectivity index (χ3v) is 4.31. The second-order valence-electron chi connectivity index (χ2n) is 5.66. The van der Waals surface area contributed by atoms with Crippen LogP contribution < -0.4 is 4.90 Å². The molecule has 1 aliphatic heterocycles. The van der Waals surface area contributed by atoms with E-state index < -0.39 is 0 Å². The highest BCUT2D eigenvalue weighted by atomic mass is 15.1. The zero-order valence-corrected chi connectivity index (χ0v) is 13.8. The first-order valence-electron chi connectivity index (χ1n) is 8.30. The van der Waals surface area contributed by atoms with Gasteiger partial charge in [-0.15, -0.1) is 0 Å². The van der Waals surface area contributed by atoms with Gasteiger partial charge in [-0.05, 0) is 37.1 Å². The van der Waals surface area contributed by atoms with Crippen LogP contribution in [0.1, 0.15) is 19.4 Å². The van der Waals surface area contributed by atoms with Crippen molar-refractivity contribution in [2.24, 2.45) is 0 Å². The van der Waals surface area contributed by atoms with Gasteiger partial charge in [0, 0.05) is 18.8 Å². The van der Waals surface area contributed by atoms with Crippen LogP contribution in [0.4, 0.5) is 5.69 Å². The van der Waals surface area contributed by atoms with E-state index in [1.807, 2.05) is 6.20 Å². The Hall–Kier alpha value is -2.48. The van der Waals surface area contributed by atoms with Crippen LogP contribution in [-0.2, 0) is 0 Å². The Balaban J connectivity index is 1.78. The van der Waals surface area contributed by atoms with E-state index in [9.17, 15) is 0 Å². The number of fused-ring (bicyclic) bond motifs is 1. The highest BCUT2D eigenvalue weighted by Crippen LogP contribution is 2.28. The Morgan fingerprint density at radius 2 is 1.78 bits per heavy atom. The summed E-state index contributed by atoms with van der Waals surface area (Å²) in [5.74, 6) is 0. The zero-order chi connectivity index (χ0) is 16.1. The number of rotatable bonds is 5. The van der Waals surface area contributed by atoms with E-state index in [0.717, 1.165) is 13.1 Å². The highest BCUT2D eigenvalue weighted by molar-refractivity contribution is 5.63. The fraction of sp³-hybridized carbons (Fsp3) is 0.238. The van der Waals surface area contributed by atoms with Gasteiger partial charge in [-0.3, -0.25) is 0 Å². The quantitative estimate of drug-likeness (QED) is 0.727. The number of anilines is 1. The van der Waals surface area contributed by atoms with Gasteiger partial charge in [-0.25, -0.2) is 0 Å². The lowest BCUT2D eigenvalue weighted by molar-refractivity contribution is 0.866. The molecule has 3 rings (SSSR count). The van der Waals surface area contributed by atoms with Crippen LogP contribution in [0, 0.1) is 0 Å². The van der Waals surface area contributed by atoms with Gasteiger partial charge < -0.3 is 10.2 Å². The monoisotopic (exact) mass is 303 g/mol. The van der Waals surface area contributed by atoms with E-state index in [-0.39, 0.29) is 6.04 Å². The Bertz CT molecular complexity index is 683. The van der Waals surface area contributed by atoms with E-state index in [1.165, 1.54) is 22.4 Å². The van der Waals surface area contributed by atoms with Gasteiger partial charge >= 0.3 is 0 Å². The largest absolute Gasteiger partial charge is 0.681 e. The summed E-state index contributed by atoms with van der Waals surface area (Å²) in [5, 5.41) is 4.49. The Kier molecular flexibility index (Phi) is 4.82. The van der Waals surface area contributed by atoms with Gasteiger partial charge in [0.2, 0.25) is 0 Å². The third-order valence-electron chi connectivity index (χ3n) is 4.31. The maximum Gasteiger partial charge on any atom is 0.0366 e. The van der Waals surface area contributed by atoms with E-state index in [1.54, 1.807) is 0 Å². The number of nitrogens with zero attached hydrogens (tertiary/aromatic N) is 2. The van der Waals surface area contributed by atoms with Crippen LogP contribution in [0.2, 0.25) is 0 Å². The molecule has 23 heavy (non-hydrogen) atoms. The first-order chi connectivity index (χ1) is 11.3. The average molecular weight is 303 g/mol. The summed E-state index contributed by atoms with van der Waals surface area (Å²) in [5.41, 5.74) is 5.01. The molecule has 1 unspecified atom stereocenters. The zero-order valence-electron chi connectivity index (χ0n) is 13.8. The van der Waals surface area contributed by atoms with Crippen molar-refractivity contribution in [2.75, 3.05) is 18.0 Å². The van der Waals surface area contributed by atoms with Crippen molar-refractivity contribution in [3.05, 3.63) is 88.9 Å². The first kappa shape index (κ1) is 15.4. The van der Waals surface area contributed by atoms with Gasteiger partial charge in [0.1, 0.15) is 0 Å². The van der Waals surface area contributed by atoms with E-state index >= 15 is 0 Å². The van der Waals surface area contributed by atoms with E-state index in [0.29, 0.717) is 0 Å². The van der Waals surface area contributed by atoms with Gasteiger partial charge in [0.25, 0.3) is 0 Å². The molecule has 1 heterocycles. The smallest absolute Gasteiger partial charge is 0.0366 e. The van der Waals surface area contributed by atoms with Gasteiger partial charge in [0.05, 0.1) is 0 Å². The van der Waals surface area contributed by atoms with Crippen molar-refractivity contribution in [1.29, 1.82) is 0 Å². The summed E-state index contributed by atoms with van der Waals surface area (Å²) >= 11 is 0. The van der Waals surface area contributed by atoms with Crippen molar-refractivity contribution in [3.8, 4) is 0 Å². The van der Waals surface area contributed by atoms with Crippen LogP contribution in [0.3, 0.4) is 0 Å². The van der Waals surface area contributed by atoms with Gasteiger partial charge in [-0.1, -0.05) is 66.3 Å². The lowest BCUT2D eigenvalue weighted by Crippen LogP contribution is -2.21. The molecular formula is C21H23N2-. The van der Waals surface area contributed by atoms with Crippen molar-refractivity contribution >= 4 is 11.8 Å². The number of hydrogen-bond acceptors (Lipinski definition) is 1. The van der Waals surface area contributed by atoms with Crippen LogP contribution >= 0.6 is 0 Å². The molecule has 2 heteroatoms. The molecular weight excluding hydrogens is 280 g/mol. The minimum absolute atomic E-state index is 0.176. The predicted molar refractivity (Wildman–Crippen MR) is 101 cm³/mol. The predicted octanol–water partition coefficient (Wildman–Crippen LogP) is 5.24. The third kappa shape index (κ3) is 3.48. The molecule has 0 saturated heterocycles. The van der Waals surface area contributed by atoms with Gasteiger partial charge in [-0.2, -0.15) is 6.20 Å². The lowest BCUT2D eigenvalue weighted by atomic mass is 9.93. The summed E-state index contributed by atoms with van der Waals surface area (Å²) in [6, 6.07) is 8.93. The van der Waals surface area contributed by atoms with E-state index in [4.69, 9.17) is 0 Å². The van der Waals surface area contributed by atoms with Crippen molar-refractivity contribution in [2.45, 2.75) is 19.9 Å². The second kappa shape index (κ2) is 7.19. The maximum atomic E-state index is 4.49. The molecule has 0 fully saturated rings. The number of hydrogen-bond donors (Lipinski definition) is 0. The summed E-state index contributed by atoms with van der Waals surface area (Å²) in [7, 11) is 0. The molecule has 2 nitrogen and oxygen atoms in total. The molecule has 0 amide bonds. The summed E-state index contributed by atoms with van der Waals surface area (Å²) in [6.07, 6.45) is 16.8. The van der Waals surface area contributed by atoms with Gasteiger partial charge in [0.15, 0.2) is 0 Å². The molecule has 0 radical (unpaired) electrons. The molecule has 1 atom stereocenters. The molecule has 2 aliphatic rings. The minimum atomic E-state index is 0.176. The number of allylic oxidation sites excluding steroid dienone is 5. The van der Waals surface area contributed by atoms with Crippen LogP contribution in [0.15, 0.2) is 78.1 Å². The summed E-state index contributed by atoms with van der Waals surface area (Å²) < 4.78 is 0. The molecule has 0 bridgehead atoms. The molecule has 0 spiro atoms. The molecule has 1 aromatic carbocycles. The normalized spacial score (nSPS) is 19.1. The van der Waals surface area contributed by atoms with Crippen molar-refractivity contribution < 1.29 is 0 Å². The maximum absolute atomic E-state index is 4.49. The summed E-state index contributed by atoms with van der Waals surface area (Å²) in [6.45, 7) is 6.46. The lowest BCUT2D eigenvalue weighted by Gasteiger charge is -2.34. The average Bonchev–Trinajstić information content (AvgIpc) is 2.62. The Labute approximate surface area is 139 Å². The molecule has 118 valence electrons. The standard InChI is InChI=1S/C21H23N2/c1-3-23(4-2)19-13-10-17(11-14-19)9-12-18-15-16-22-21-8-6-5-7-20(18)21/h5-16,21H,3-4H2,1-2H3/q-1/b12-9+. The topological polar surface area (TPSA) is 17.3 Å². The minimum Gasteiger partial charge on any atom is -0.681 e. The molecule has 0 aromatic heterocycles. The fourth-order valence-corrected chi connectivity index (χ4v) is 2.96. The highest BCUT2D eigenvalue weighted by Gasteiger charge is 2.08. The first-order valence-corrected chi connectivity index (χ1v) is 8.30. The molecule has 1 aromatic rings. The second-order valence-corrected chi connectivity index (χ2v) is 5.66. The number of benzene rings is 1. The SMILES string of the molecule is CCN(CC)c1ccc(/C=C/C2=C3C=CC=CC3[N-]C=C2)cc1. The van der Waals surface area contributed by atoms with Crippen LogP contribution in [0.5, 0.6) is 0 Å². The Morgan fingerprint density at radius 1 is 1.00 bits per heavy atom. The fourth-order valence-electron chi connectivity index (χ4n) is 2.96. The van der Waals surface area contributed by atoms with Crippen molar-refractivity contribution in [3.63, 3.8) is 0 Å². The summed E-state index contributed by atoms with van der Waals surface area (Å²) in [4.78, 5) is 2.35. The molecule has 1 aliphatic carbocycles. The van der Waals surface area contributed by atoms with Crippen molar-refractivity contribution in [1.82, 2.24) is 0 Å².